The molecule has 2 amide bonds. The van der Waals surface area contributed by atoms with Crippen LogP contribution >= 0.6 is 0 Å². The van der Waals surface area contributed by atoms with Gasteiger partial charge in [-0.1, -0.05) is 77.4 Å². The Bertz CT molecular complexity index is 1190. The molecule has 6 nitrogen and oxygen atoms in total. The number of amides is 2. The van der Waals surface area contributed by atoms with Crippen LogP contribution in [0, 0.1) is 12.8 Å². The molecule has 0 aromatic heterocycles. The van der Waals surface area contributed by atoms with E-state index >= 15 is 0 Å². The second-order valence-electron chi connectivity index (χ2n) is 8.67. The highest BCUT2D eigenvalue weighted by molar-refractivity contribution is 6.20. The van der Waals surface area contributed by atoms with Crippen molar-refractivity contribution in [3.63, 3.8) is 0 Å². The van der Waals surface area contributed by atoms with Crippen molar-refractivity contribution in [1.29, 1.82) is 0 Å². The highest BCUT2D eigenvalue weighted by atomic mass is 16.7. The Hall–Kier alpha value is -3.77. The fourth-order valence-corrected chi connectivity index (χ4v) is 4.74. The highest BCUT2D eigenvalue weighted by Gasteiger charge is 2.44. The molecule has 0 spiro atoms. The van der Waals surface area contributed by atoms with Crippen LogP contribution in [0.25, 0.3) is 0 Å². The van der Waals surface area contributed by atoms with E-state index < -0.39 is 23.7 Å². The highest BCUT2D eigenvalue weighted by Crippen LogP contribution is 2.35. The smallest absolute Gasteiger partial charge is 0.329 e. The van der Waals surface area contributed by atoms with Gasteiger partial charge < -0.3 is 4.84 Å². The minimum Gasteiger partial charge on any atom is -0.329 e. The molecule has 166 valence electrons. The second kappa shape index (κ2) is 8.64. The summed E-state index contributed by atoms with van der Waals surface area (Å²) in [6.45, 7) is 3.89. The molecule has 6 heteroatoms. The summed E-state index contributed by atoms with van der Waals surface area (Å²) in [4.78, 5) is 46.3. The van der Waals surface area contributed by atoms with Gasteiger partial charge in [-0.2, -0.15) is 0 Å². The molecular formula is C27H24N2O4. The Balaban J connectivity index is 1.38. The second-order valence-corrected chi connectivity index (χ2v) is 8.67. The number of benzene rings is 3. The van der Waals surface area contributed by atoms with E-state index in [1.165, 1.54) is 0 Å². The maximum atomic E-state index is 13.3. The standard InChI is InChI=1S/C27H24N2O4/c1-18-8-7-11-20(14-18)23-16-28(15-19-9-3-2-4-10-19)17-24(23)27(32)33-29-25(30)21-12-5-6-13-22(21)26(29)31/h2-14,23-24H,15-17H2,1H3/t23-,24+/m0/s1. The van der Waals surface area contributed by atoms with Crippen molar-refractivity contribution in [1.82, 2.24) is 9.96 Å². The molecule has 2 heterocycles. The lowest BCUT2D eigenvalue weighted by atomic mass is 9.88. The van der Waals surface area contributed by atoms with Crippen molar-refractivity contribution >= 4 is 17.8 Å². The summed E-state index contributed by atoms with van der Waals surface area (Å²) in [6, 6.07) is 24.7. The molecule has 0 bridgehead atoms. The zero-order valence-corrected chi connectivity index (χ0v) is 18.3. The number of likely N-dealkylation sites (tertiary alicyclic amines) is 1. The topological polar surface area (TPSA) is 66.9 Å². The van der Waals surface area contributed by atoms with Gasteiger partial charge in [-0.3, -0.25) is 14.5 Å². The molecule has 1 saturated heterocycles. The minimum absolute atomic E-state index is 0.101. The number of carbonyl (C=O) groups excluding carboxylic acids is 3. The van der Waals surface area contributed by atoms with E-state index in [9.17, 15) is 14.4 Å². The molecule has 2 aliphatic heterocycles. The van der Waals surface area contributed by atoms with Gasteiger partial charge in [0.2, 0.25) is 0 Å². The van der Waals surface area contributed by atoms with Crippen molar-refractivity contribution in [3.8, 4) is 0 Å². The number of imide groups is 1. The molecule has 0 aliphatic carbocycles. The average molecular weight is 440 g/mol. The maximum Gasteiger partial charge on any atom is 0.338 e. The summed E-state index contributed by atoms with van der Waals surface area (Å²) < 4.78 is 0. The van der Waals surface area contributed by atoms with Gasteiger partial charge in [-0.15, -0.1) is 0 Å². The van der Waals surface area contributed by atoms with Crippen LogP contribution in [0.5, 0.6) is 0 Å². The molecule has 0 N–H and O–H groups in total. The average Bonchev–Trinajstić information content (AvgIpc) is 3.35. The number of hydrogen-bond acceptors (Lipinski definition) is 5. The van der Waals surface area contributed by atoms with E-state index in [2.05, 4.69) is 23.1 Å². The molecule has 3 aromatic rings. The van der Waals surface area contributed by atoms with E-state index in [4.69, 9.17) is 4.84 Å². The number of nitrogens with zero attached hydrogens (tertiary/aromatic N) is 2. The lowest BCUT2D eigenvalue weighted by molar-refractivity contribution is -0.173. The van der Waals surface area contributed by atoms with Gasteiger partial charge in [0.15, 0.2) is 0 Å². The summed E-state index contributed by atoms with van der Waals surface area (Å²) in [5.41, 5.74) is 3.83. The van der Waals surface area contributed by atoms with Crippen LogP contribution in [0.1, 0.15) is 43.3 Å². The number of aryl methyl sites for hydroxylation is 1. The summed E-state index contributed by atoms with van der Waals surface area (Å²) in [5, 5.41) is 0.611. The monoisotopic (exact) mass is 440 g/mol. The van der Waals surface area contributed by atoms with Crippen LogP contribution in [0.15, 0.2) is 78.9 Å². The Morgan fingerprint density at radius 2 is 1.55 bits per heavy atom. The Morgan fingerprint density at radius 1 is 0.879 bits per heavy atom. The SMILES string of the molecule is Cc1cccc([C@@H]2CN(Cc3ccccc3)C[C@H]2C(=O)ON2C(=O)c3ccccc3C2=O)c1. The van der Waals surface area contributed by atoms with Gasteiger partial charge in [0.05, 0.1) is 17.0 Å². The van der Waals surface area contributed by atoms with Crippen LogP contribution in [-0.2, 0) is 16.2 Å². The lowest BCUT2D eigenvalue weighted by Crippen LogP contribution is -2.37. The van der Waals surface area contributed by atoms with E-state index in [0.717, 1.165) is 16.7 Å². The molecule has 0 saturated carbocycles. The first kappa shape index (κ1) is 21.1. The van der Waals surface area contributed by atoms with Crippen LogP contribution in [-0.4, -0.2) is 40.8 Å². The first-order chi connectivity index (χ1) is 16.0. The molecule has 0 radical (unpaired) electrons. The molecular weight excluding hydrogens is 416 g/mol. The van der Waals surface area contributed by atoms with Crippen molar-refractivity contribution in [2.45, 2.75) is 19.4 Å². The summed E-state index contributed by atoms with van der Waals surface area (Å²) in [5.74, 6) is -2.37. The van der Waals surface area contributed by atoms with Gasteiger partial charge in [-0.05, 0) is 30.2 Å². The quantitative estimate of drug-likeness (QED) is 0.562. The Morgan fingerprint density at radius 3 is 2.21 bits per heavy atom. The molecule has 1 fully saturated rings. The normalized spacial score (nSPS) is 20.2. The summed E-state index contributed by atoms with van der Waals surface area (Å²) >= 11 is 0. The first-order valence-corrected chi connectivity index (χ1v) is 11.0. The zero-order chi connectivity index (χ0) is 22.9. The summed E-state index contributed by atoms with van der Waals surface area (Å²) in [6.07, 6.45) is 0. The first-order valence-electron chi connectivity index (χ1n) is 11.0. The number of fused-ring (bicyclic) bond motifs is 1. The Kier molecular flexibility index (Phi) is 5.52. The van der Waals surface area contributed by atoms with Crippen molar-refractivity contribution < 1.29 is 19.2 Å². The van der Waals surface area contributed by atoms with E-state index in [1.54, 1.807) is 24.3 Å². The third-order valence-corrected chi connectivity index (χ3v) is 6.36. The lowest BCUT2D eigenvalue weighted by Gasteiger charge is -2.20. The molecule has 2 atom stereocenters. The molecule has 5 rings (SSSR count). The van der Waals surface area contributed by atoms with Crippen molar-refractivity contribution in [2.24, 2.45) is 5.92 Å². The predicted molar refractivity (Wildman–Crippen MR) is 122 cm³/mol. The van der Waals surface area contributed by atoms with E-state index in [0.29, 0.717) is 24.7 Å². The van der Waals surface area contributed by atoms with Gasteiger partial charge in [-0.25, -0.2) is 4.79 Å². The zero-order valence-electron chi connectivity index (χ0n) is 18.3. The van der Waals surface area contributed by atoms with E-state index in [-0.39, 0.29) is 17.0 Å². The largest absolute Gasteiger partial charge is 0.338 e. The number of rotatable bonds is 5. The van der Waals surface area contributed by atoms with E-state index in [1.807, 2.05) is 43.3 Å². The predicted octanol–water partition coefficient (Wildman–Crippen LogP) is 3.97. The van der Waals surface area contributed by atoms with Gasteiger partial charge in [0.25, 0.3) is 11.8 Å². The molecule has 0 unspecified atom stereocenters. The molecule has 3 aromatic carbocycles. The fourth-order valence-electron chi connectivity index (χ4n) is 4.74. The number of hydroxylamine groups is 2. The van der Waals surface area contributed by atoms with Crippen LogP contribution < -0.4 is 0 Å². The number of hydrogen-bond donors (Lipinski definition) is 0. The van der Waals surface area contributed by atoms with Crippen molar-refractivity contribution in [2.75, 3.05) is 13.1 Å². The van der Waals surface area contributed by atoms with Gasteiger partial charge >= 0.3 is 5.97 Å². The number of carbonyl (C=O) groups is 3. The molecule has 2 aliphatic rings. The third-order valence-electron chi connectivity index (χ3n) is 6.36. The maximum absolute atomic E-state index is 13.3. The van der Waals surface area contributed by atoms with Gasteiger partial charge in [0.1, 0.15) is 0 Å². The van der Waals surface area contributed by atoms with Crippen LogP contribution in [0.3, 0.4) is 0 Å². The fraction of sp³-hybridized carbons (Fsp3) is 0.222. The van der Waals surface area contributed by atoms with Crippen LogP contribution in [0.2, 0.25) is 0 Å². The Labute approximate surface area is 192 Å². The third kappa shape index (κ3) is 4.05. The van der Waals surface area contributed by atoms with Crippen LogP contribution in [0.4, 0.5) is 0 Å². The van der Waals surface area contributed by atoms with Crippen molar-refractivity contribution in [3.05, 3.63) is 107 Å². The van der Waals surface area contributed by atoms with Gasteiger partial charge in [0, 0.05) is 25.6 Å². The summed E-state index contributed by atoms with van der Waals surface area (Å²) in [7, 11) is 0. The minimum atomic E-state index is -0.602. The molecule has 33 heavy (non-hydrogen) atoms.